The van der Waals surface area contributed by atoms with E-state index < -0.39 is 5.60 Å². The largest absolute Gasteiger partial charge is 0.444 e. The Hall–Kier alpha value is -2.64. The quantitative estimate of drug-likeness (QED) is 0.873. The summed E-state index contributed by atoms with van der Waals surface area (Å²) in [7, 11) is 0. The van der Waals surface area contributed by atoms with E-state index in [-0.39, 0.29) is 12.1 Å². The SMILES string of the molecule is Cc1nn(-c2nccnc2N2CCC(NC(=O)OC(C)(C)C)CC2)c(C)c1C. The average molecular weight is 387 g/mol. The van der Waals surface area contributed by atoms with Gasteiger partial charge in [0, 0.05) is 37.2 Å². The second-order valence-corrected chi connectivity index (χ2v) is 8.32. The van der Waals surface area contributed by atoms with Crippen LogP contribution in [-0.2, 0) is 4.74 Å². The van der Waals surface area contributed by atoms with Crippen LogP contribution in [0.4, 0.5) is 10.6 Å². The zero-order valence-corrected chi connectivity index (χ0v) is 17.6. The topological polar surface area (TPSA) is 85.2 Å². The summed E-state index contributed by atoms with van der Waals surface area (Å²) in [5.41, 5.74) is 2.74. The van der Waals surface area contributed by atoms with Gasteiger partial charge in [0.25, 0.3) is 0 Å². The van der Waals surface area contributed by atoms with E-state index in [1.165, 1.54) is 0 Å². The maximum atomic E-state index is 12.0. The van der Waals surface area contributed by atoms with E-state index >= 15 is 0 Å². The predicted octanol–water partition coefficient (Wildman–Crippen LogP) is 3.08. The molecule has 3 heterocycles. The van der Waals surface area contributed by atoms with E-state index in [1.54, 1.807) is 12.4 Å². The number of aromatic nitrogens is 4. The summed E-state index contributed by atoms with van der Waals surface area (Å²) in [6.45, 7) is 13.3. The van der Waals surface area contributed by atoms with Crippen LogP contribution in [0.15, 0.2) is 12.4 Å². The normalized spacial score (nSPS) is 15.6. The van der Waals surface area contributed by atoms with Crippen LogP contribution in [0.2, 0.25) is 0 Å². The van der Waals surface area contributed by atoms with Crippen molar-refractivity contribution in [1.29, 1.82) is 0 Å². The van der Waals surface area contributed by atoms with Gasteiger partial charge in [-0.3, -0.25) is 0 Å². The fourth-order valence-electron chi connectivity index (χ4n) is 3.33. The lowest BCUT2D eigenvalue weighted by atomic mass is 10.1. The lowest BCUT2D eigenvalue weighted by Crippen LogP contribution is -2.46. The highest BCUT2D eigenvalue weighted by molar-refractivity contribution is 5.68. The highest BCUT2D eigenvalue weighted by Crippen LogP contribution is 2.25. The number of nitrogens with one attached hydrogen (secondary N) is 1. The molecule has 0 aromatic carbocycles. The molecule has 0 saturated carbocycles. The molecule has 0 radical (unpaired) electrons. The van der Waals surface area contributed by atoms with Gasteiger partial charge in [-0.15, -0.1) is 0 Å². The summed E-state index contributed by atoms with van der Waals surface area (Å²) in [5.74, 6) is 1.57. The summed E-state index contributed by atoms with van der Waals surface area (Å²) < 4.78 is 7.23. The zero-order valence-electron chi connectivity index (χ0n) is 17.6. The van der Waals surface area contributed by atoms with Crippen LogP contribution in [-0.4, -0.2) is 50.6 Å². The first kappa shape index (κ1) is 20.1. The van der Waals surface area contributed by atoms with Gasteiger partial charge < -0.3 is 15.0 Å². The number of ether oxygens (including phenoxy) is 1. The van der Waals surface area contributed by atoms with Crippen LogP contribution in [0, 0.1) is 20.8 Å². The molecule has 0 aliphatic carbocycles. The Morgan fingerprint density at radius 3 is 2.25 bits per heavy atom. The molecule has 0 spiro atoms. The van der Waals surface area contributed by atoms with Crippen LogP contribution in [0.25, 0.3) is 5.82 Å². The molecule has 1 aliphatic rings. The van der Waals surface area contributed by atoms with Gasteiger partial charge in [-0.05, 0) is 59.9 Å². The summed E-state index contributed by atoms with van der Waals surface area (Å²) in [6, 6.07) is 0.0992. The van der Waals surface area contributed by atoms with E-state index in [0.717, 1.165) is 54.5 Å². The Morgan fingerprint density at radius 1 is 1.11 bits per heavy atom. The summed E-state index contributed by atoms with van der Waals surface area (Å²) in [5, 5.41) is 7.61. The van der Waals surface area contributed by atoms with Crippen molar-refractivity contribution in [2.45, 2.75) is 66.0 Å². The van der Waals surface area contributed by atoms with Crippen LogP contribution in [0.1, 0.15) is 50.6 Å². The fourth-order valence-corrected chi connectivity index (χ4v) is 3.33. The molecule has 1 N–H and O–H groups in total. The fraction of sp³-hybridized carbons (Fsp3) is 0.600. The number of aryl methyl sites for hydroxylation is 1. The summed E-state index contributed by atoms with van der Waals surface area (Å²) in [4.78, 5) is 23.4. The Labute approximate surface area is 166 Å². The van der Waals surface area contributed by atoms with Gasteiger partial charge in [0.2, 0.25) is 0 Å². The molecule has 3 rings (SSSR count). The second-order valence-electron chi connectivity index (χ2n) is 8.32. The number of amides is 1. The molecule has 1 aliphatic heterocycles. The molecule has 8 heteroatoms. The van der Waals surface area contributed by atoms with E-state index in [0.29, 0.717) is 0 Å². The van der Waals surface area contributed by atoms with Crippen LogP contribution in [0.3, 0.4) is 0 Å². The first-order chi connectivity index (χ1) is 13.2. The molecule has 28 heavy (non-hydrogen) atoms. The Morgan fingerprint density at radius 2 is 1.71 bits per heavy atom. The number of anilines is 1. The minimum Gasteiger partial charge on any atom is -0.444 e. The van der Waals surface area contributed by atoms with E-state index in [9.17, 15) is 4.79 Å². The van der Waals surface area contributed by atoms with E-state index in [4.69, 9.17) is 4.74 Å². The van der Waals surface area contributed by atoms with Crippen molar-refractivity contribution in [1.82, 2.24) is 25.1 Å². The smallest absolute Gasteiger partial charge is 0.407 e. The maximum absolute atomic E-state index is 12.0. The molecule has 1 fully saturated rings. The van der Waals surface area contributed by atoms with Gasteiger partial charge in [0.1, 0.15) is 5.60 Å². The van der Waals surface area contributed by atoms with Gasteiger partial charge in [-0.1, -0.05) is 0 Å². The number of rotatable bonds is 3. The molecule has 1 amide bonds. The van der Waals surface area contributed by atoms with Crippen molar-refractivity contribution in [2.75, 3.05) is 18.0 Å². The van der Waals surface area contributed by atoms with E-state index in [2.05, 4.69) is 32.2 Å². The van der Waals surface area contributed by atoms with Crippen molar-refractivity contribution in [3.8, 4) is 5.82 Å². The number of alkyl carbamates (subject to hydrolysis) is 1. The molecule has 152 valence electrons. The number of piperidine rings is 1. The third kappa shape index (κ3) is 4.43. The minimum atomic E-state index is -0.489. The first-order valence-electron chi connectivity index (χ1n) is 9.74. The maximum Gasteiger partial charge on any atom is 0.407 e. The van der Waals surface area contributed by atoms with Crippen molar-refractivity contribution in [3.63, 3.8) is 0 Å². The zero-order chi connectivity index (χ0) is 20.5. The highest BCUT2D eigenvalue weighted by Gasteiger charge is 2.26. The molecule has 0 unspecified atom stereocenters. The molecule has 8 nitrogen and oxygen atoms in total. The molecule has 1 saturated heterocycles. The average Bonchev–Trinajstić information content (AvgIpc) is 2.88. The van der Waals surface area contributed by atoms with E-state index in [1.807, 2.05) is 39.3 Å². The van der Waals surface area contributed by atoms with Gasteiger partial charge in [0.05, 0.1) is 5.69 Å². The highest BCUT2D eigenvalue weighted by atomic mass is 16.6. The molecular formula is C20H30N6O2. The Bertz CT molecular complexity index is 847. The third-order valence-corrected chi connectivity index (χ3v) is 5.03. The minimum absolute atomic E-state index is 0.0992. The molecule has 2 aromatic rings. The van der Waals surface area contributed by atoms with Crippen molar-refractivity contribution >= 4 is 11.9 Å². The molecule has 0 atom stereocenters. The monoisotopic (exact) mass is 386 g/mol. The molecular weight excluding hydrogens is 356 g/mol. The number of carbonyl (C=O) groups is 1. The lowest BCUT2D eigenvalue weighted by molar-refractivity contribution is 0.0497. The first-order valence-corrected chi connectivity index (χ1v) is 9.74. The van der Waals surface area contributed by atoms with Crippen molar-refractivity contribution < 1.29 is 9.53 Å². The third-order valence-electron chi connectivity index (χ3n) is 5.03. The van der Waals surface area contributed by atoms with Gasteiger partial charge in [-0.2, -0.15) is 5.10 Å². The van der Waals surface area contributed by atoms with Crippen LogP contribution >= 0.6 is 0 Å². The Balaban J connectivity index is 1.70. The van der Waals surface area contributed by atoms with Crippen molar-refractivity contribution in [2.24, 2.45) is 0 Å². The summed E-state index contributed by atoms with van der Waals surface area (Å²) in [6.07, 6.45) is 4.70. The Kier molecular flexibility index (Phi) is 5.58. The van der Waals surface area contributed by atoms with Crippen LogP contribution < -0.4 is 10.2 Å². The molecule has 0 bridgehead atoms. The number of carbonyl (C=O) groups excluding carboxylic acids is 1. The second kappa shape index (κ2) is 7.77. The van der Waals surface area contributed by atoms with Crippen molar-refractivity contribution in [3.05, 3.63) is 29.3 Å². The number of hydrogen-bond donors (Lipinski definition) is 1. The van der Waals surface area contributed by atoms with Gasteiger partial charge in [0.15, 0.2) is 11.6 Å². The summed E-state index contributed by atoms with van der Waals surface area (Å²) >= 11 is 0. The lowest BCUT2D eigenvalue weighted by Gasteiger charge is -2.34. The van der Waals surface area contributed by atoms with Gasteiger partial charge >= 0.3 is 6.09 Å². The standard InChI is InChI=1S/C20H30N6O2/c1-13-14(2)24-26(15(13)3)18-17(21-9-10-22-18)25-11-7-16(8-12-25)23-19(27)28-20(4,5)6/h9-10,16H,7-8,11-12H2,1-6H3,(H,23,27). The van der Waals surface area contributed by atoms with Gasteiger partial charge in [-0.25, -0.2) is 19.4 Å². The van der Waals surface area contributed by atoms with Crippen LogP contribution in [0.5, 0.6) is 0 Å². The number of hydrogen-bond acceptors (Lipinski definition) is 6. The number of nitrogens with zero attached hydrogens (tertiary/aromatic N) is 5. The predicted molar refractivity (Wildman–Crippen MR) is 108 cm³/mol. The molecule has 2 aromatic heterocycles.